The molecule has 24 heavy (non-hydrogen) atoms. The Bertz CT molecular complexity index is 691. The molecule has 128 valence electrons. The minimum absolute atomic E-state index is 0.0137. The molecule has 2 amide bonds. The minimum atomic E-state index is -0.275. The molecule has 0 saturated carbocycles. The SMILES string of the molecule is CC(O)C1CCN(C(=O)NCCc2ccc3ccccc3c2)CC1. The van der Waals surface area contributed by atoms with Gasteiger partial charge >= 0.3 is 6.03 Å². The van der Waals surface area contributed by atoms with Crippen molar-refractivity contribution in [3.05, 3.63) is 48.0 Å². The zero-order valence-electron chi connectivity index (χ0n) is 14.2. The van der Waals surface area contributed by atoms with Gasteiger partial charge in [0, 0.05) is 19.6 Å². The molecule has 1 atom stereocenters. The van der Waals surface area contributed by atoms with Crippen LogP contribution in [0.3, 0.4) is 0 Å². The average molecular weight is 326 g/mol. The van der Waals surface area contributed by atoms with Crippen LogP contribution in [0.1, 0.15) is 25.3 Å². The number of hydrogen-bond acceptors (Lipinski definition) is 2. The van der Waals surface area contributed by atoms with Gasteiger partial charge in [-0.3, -0.25) is 0 Å². The maximum absolute atomic E-state index is 12.2. The molecule has 2 aromatic rings. The standard InChI is InChI=1S/C20H26N2O2/c1-15(23)17-9-12-22(13-10-17)20(24)21-11-8-16-6-7-18-4-2-3-5-19(18)14-16/h2-7,14-15,17,23H,8-13H2,1H3,(H,21,24). The molecule has 1 unspecified atom stereocenters. The van der Waals surface area contributed by atoms with Crippen LogP contribution in [-0.4, -0.2) is 41.8 Å². The van der Waals surface area contributed by atoms with Gasteiger partial charge in [0.1, 0.15) is 0 Å². The van der Waals surface area contributed by atoms with Crippen molar-refractivity contribution in [3.63, 3.8) is 0 Å². The van der Waals surface area contributed by atoms with E-state index in [4.69, 9.17) is 0 Å². The lowest BCUT2D eigenvalue weighted by Crippen LogP contribution is -2.46. The van der Waals surface area contributed by atoms with Crippen LogP contribution in [0.25, 0.3) is 10.8 Å². The first-order chi connectivity index (χ1) is 11.6. The molecule has 2 aromatic carbocycles. The van der Waals surface area contributed by atoms with E-state index >= 15 is 0 Å². The van der Waals surface area contributed by atoms with Crippen molar-refractivity contribution < 1.29 is 9.90 Å². The summed E-state index contributed by atoms with van der Waals surface area (Å²) in [6.07, 6.45) is 2.33. The van der Waals surface area contributed by atoms with Gasteiger partial charge < -0.3 is 15.3 Å². The number of urea groups is 1. The fourth-order valence-corrected chi connectivity index (χ4v) is 3.40. The van der Waals surface area contributed by atoms with E-state index in [-0.39, 0.29) is 12.1 Å². The molecule has 1 saturated heterocycles. The molecule has 1 aliphatic rings. The molecule has 0 aromatic heterocycles. The number of aliphatic hydroxyl groups excluding tert-OH is 1. The number of likely N-dealkylation sites (tertiary alicyclic amines) is 1. The molecular weight excluding hydrogens is 300 g/mol. The van der Waals surface area contributed by atoms with Crippen LogP contribution < -0.4 is 5.32 Å². The maximum atomic E-state index is 12.2. The van der Waals surface area contributed by atoms with Crippen LogP contribution in [0, 0.1) is 5.92 Å². The van der Waals surface area contributed by atoms with E-state index in [9.17, 15) is 9.90 Å². The Morgan fingerprint density at radius 3 is 2.62 bits per heavy atom. The Morgan fingerprint density at radius 2 is 1.92 bits per heavy atom. The van der Waals surface area contributed by atoms with Crippen molar-refractivity contribution >= 4 is 16.8 Å². The summed E-state index contributed by atoms with van der Waals surface area (Å²) in [5.74, 6) is 0.326. The summed E-state index contributed by atoms with van der Waals surface area (Å²) >= 11 is 0. The van der Waals surface area contributed by atoms with E-state index in [0.29, 0.717) is 12.5 Å². The number of nitrogens with zero attached hydrogens (tertiary/aromatic N) is 1. The van der Waals surface area contributed by atoms with E-state index < -0.39 is 0 Å². The Morgan fingerprint density at radius 1 is 1.21 bits per heavy atom. The predicted molar refractivity (Wildman–Crippen MR) is 97.0 cm³/mol. The van der Waals surface area contributed by atoms with Gasteiger partial charge in [0.15, 0.2) is 0 Å². The highest BCUT2D eigenvalue weighted by molar-refractivity contribution is 5.83. The number of benzene rings is 2. The monoisotopic (exact) mass is 326 g/mol. The molecule has 0 radical (unpaired) electrons. The molecule has 1 aliphatic heterocycles. The summed E-state index contributed by atoms with van der Waals surface area (Å²) in [5, 5.41) is 15.1. The fourth-order valence-electron chi connectivity index (χ4n) is 3.40. The summed E-state index contributed by atoms with van der Waals surface area (Å²) in [6.45, 7) is 3.95. The van der Waals surface area contributed by atoms with Crippen molar-refractivity contribution in [3.8, 4) is 0 Å². The topological polar surface area (TPSA) is 52.6 Å². The van der Waals surface area contributed by atoms with Gasteiger partial charge in [-0.25, -0.2) is 4.79 Å². The van der Waals surface area contributed by atoms with Gasteiger partial charge in [0.2, 0.25) is 0 Å². The fraction of sp³-hybridized carbons (Fsp3) is 0.450. The Labute approximate surface area is 143 Å². The number of amides is 2. The van der Waals surface area contributed by atoms with E-state index in [1.807, 2.05) is 24.0 Å². The second-order valence-corrected chi connectivity index (χ2v) is 6.73. The van der Waals surface area contributed by atoms with Gasteiger partial charge in [-0.1, -0.05) is 42.5 Å². The number of fused-ring (bicyclic) bond motifs is 1. The van der Waals surface area contributed by atoms with Gasteiger partial charge in [-0.2, -0.15) is 0 Å². The quantitative estimate of drug-likeness (QED) is 0.906. The summed E-state index contributed by atoms with van der Waals surface area (Å²) in [5.41, 5.74) is 1.24. The molecule has 4 nitrogen and oxygen atoms in total. The molecule has 0 aliphatic carbocycles. The Balaban J connectivity index is 1.46. The van der Waals surface area contributed by atoms with Crippen LogP contribution in [0.2, 0.25) is 0 Å². The van der Waals surface area contributed by atoms with Crippen LogP contribution >= 0.6 is 0 Å². The number of rotatable bonds is 4. The highest BCUT2D eigenvalue weighted by Crippen LogP contribution is 2.20. The smallest absolute Gasteiger partial charge is 0.317 e. The zero-order chi connectivity index (χ0) is 16.9. The lowest BCUT2D eigenvalue weighted by Gasteiger charge is -2.33. The van der Waals surface area contributed by atoms with Crippen molar-refractivity contribution in [2.24, 2.45) is 5.92 Å². The molecule has 3 rings (SSSR count). The molecule has 0 spiro atoms. The zero-order valence-corrected chi connectivity index (χ0v) is 14.2. The van der Waals surface area contributed by atoms with Gasteiger partial charge in [0.05, 0.1) is 6.10 Å². The van der Waals surface area contributed by atoms with Crippen molar-refractivity contribution in [1.29, 1.82) is 0 Å². The maximum Gasteiger partial charge on any atom is 0.317 e. The van der Waals surface area contributed by atoms with Gasteiger partial charge in [-0.05, 0) is 48.4 Å². The lowest BCUT2D eigenvalue weighted by atomic mass is 9.92. The third-order valence-electron chi connectivity index (χ3n) is 5.01. The van der Waals surface area contributed by atoms with Gasteiger partial charge in [-0.15, -0.1) is 0 Å². The number of hydrogen-bond donors (Lipinski definition) is 2. The van der Waals surface area contributed by atoms with Gasteiger partial charge in [0.25, 0.3) is 0 Å². The number of nitrogens with one attached hydrogen (secondary N) is 1. The predicted octanol–water partition coefficient (Wildman–Crippen LogP) is 3.18. The van der Waals surface area contributed by atoms with Crippen molar-refractivity contribution in [2.75, 3.05) is 19.6 Å². The highest BCUT2D eigenvalue weighted by atomic mass is 16.3. The minimum Gasteiger partial charge on any atom is -0.393 e. The average Bonchev–Trinajstić information content (AvgIpc) is 2.61. The third-order valence-corrected chi connectivity index (χ3v) is 5.01. The number of piperidine rings is 1. The largest absolute Gasteiger partial charge is 0.393 e. The second kappa shape index (κ2) is 7.67. The van der Waals surface area contributed by atoms with E-state index in [1.165, 1.54) is 16.3 Å². The molecule has 2 N–H and O–H groups in total. The van der Waals surface area contributed by atoms with E-state index in [2.05, 4.69) is 35.6 Å². The molecule has 0 bridgehead atoms. The van der Waals surface area contributed by atoms with Crippen molar-refractivity contribution in [2.45, 2.75) is 32.3 Å². The first-order valence-corrected chi connectivity index (χ1v) is 8.82. The lowest BCUT2D eigenvalue weighted by molar-refractivity contribution is 0.0799. The molecule has 4 heteroatoms. The van der Waals surface area contributed by atoms with Crippen LogP contribution in [0.4, 0.5) is 4.79 Å². The number of carbonyl (C=O) groups is 1. The van der Waals surface area contributed by atoms with E-state index in [1.54, 1.807) is 0 Å². The number of aliphatic hydroxyl groups is 1. The Kier molecular flexibility index (Phi) is 5.36. The molecular formula is C20H26N2O2. The van der Waals surface area contributed by atoms with E-state index in [0.717, 1.165) is 32.4 Å². The van der Waals surface area contributed by atoms with Crippen LogP contribution in [0.15, 0.2) is 42.5 Å². The first-order valence-electron chi connectivity index (χ1n) is 8.82. The Hall–Kier alpha value is -2.07. The summed E-state index contributed by atoms with van der Waals surface area (Å²) in [7, 11) is 0. The highest BCUT2D eigenvalue weighted by Gasteiger charge is 2.25. The van der Waals surface area contributed by atoms with Crippen LogP contribution in [-0.2, 0) is 6.42 Å². The van der Waals surface area contributed by atoms with Crippen LogP contribution in [0.5, 0.6) is 0 Å². The third kappa shape index (κ3) is 4.06. The second-order valence-electron chi connectivity index (χ2n) is 6.73. The first kappa shape index (κ1) is 16.8. The van der Waals surface area contributed by atoms with Crippen molar-refractivity contribution in [1.82, 2.24) is 10.2 Å². The number of carbonyl (C=O) groups excluding carboxylic acids is 1. The molecule has 1 fully saturated rings. The normalized spacial score (nSPS) is 17.0. The summed E-state index contributed by atoms with van der Waals surface area (Å²) in [4.78, 5) is 14.1. The molecule has 1 heterocycles. The summed E-state index contributed by atoms with van der Waals surface area (Å²) in [6, 6.07) is 14.8. The summed E-state index contributed by atoms with van der Waals surface area (Å²) < 4.78 is 0.